The van der Waals surface area contributed by atoms with Crippen molar-refractivity contribution in [3.63, 3.8) is 0 Å². The van der Waals surface area contributed by atoms with E-state index in [0.717, 1.165) is 0 Å². The maximum Gasteiger partial charge on any atom is 0.373 e. The van der Waals surface area contributed by atoms with Crippen LogP contribution in [0.25, 0.3) is 0 Å². The number of carbonyl (C=O) groups is 2. The van der Waals surface area contributed by atoms with E-state index < -0.39 is 18.7 Å². The molecule has 1 rings (SSSR count). The molecule has 0 saturated heterocycles. The zero-order valence-corrected chi connectivity index (χ0v) is 7.54. The highest BCUT2D eigenvalue weighted by Crippen LogP contribution is 2.06. The summed E-state index contributed by atoms with van der Waals surface area (Å²) in [6.45, 7) is -0.737. The standard InChI is InChI=1S/C9H8O6/c10-5-14-15-9(13)7-3-1-6(2-4-7)8(11)12/h1-4,10H,5H2,(H,11,12). The minimum atomic E-state index is -1.08. The Hall–Kier alpha value is -1.92. The van der Waals surface area contributed by atoms with Crippen LogP contribution in [-0.2, 0) is 9.78 Å². The SMILES string of the molecule is O=C(O)c1ccc(C(=O)OOCO)cc1. The van der Waals surface area contributed by atoms with Gasteiger partial charge in [0.05, 0.1) is 11.1 Å². The lowest BCUT2D eigenvalue weighted by Gasteiger charge is -2.00. The fourth-order valence-corrected chi connectivity index (χ4v) is 0.877. The number of hydrogen-bond donors (Lipinski definition) is 2. The first kappa shape index (κ1) is 11.2. The van der Waals surface area contributed by atoms with E-state index in [2.05, 4.69) is 9.78 Å². The Morgan fingerprint density at radius 1 is 1.13 bits per heavy atom. The van der Waals surface area contributed by atoms with Gasteiger partial charge >= 0.3 is 11.9 Å². The number of aromatic carboxylic acids is 1. The minimum Gasteiger partial charge on any atom is -0.478 e. The van der Waals surface area contributed by atoms with Gasteiger partial charge in [0.15, 0.2) is 6.79 Å². The van der Waals surface area contributed by atoms with Gasteiger partial charge in [-0.3, -0.25) is 4.89 Å². The smallest absolute Gasteiger partial charge is 0.373 e. The van der Waals surface area contributed by atoms with Crippen molar-refractivity contribution in [1.29, 1.82) is 0 Å². The second-order valence-electron chi connectivity index (χ2n) is 2.50. The van der Waals surface area contributed by atoms with Gasteiger partial charge in [0.2, 0.25) is 0 Å². The molecule has 15 heavy (non-hydrogen) atoms. The molecule has 6 heteroatoms. The topological polar surface area (TPSA) is 93.1 Å². The van der Waals surface area contributed by atoms with E-state index >= 15 is 0 Å². The lowest BCUT2D eigenvalue weighted by Crippen LogP contribution is -2.07. The van der Waals surface area contributed by atoms with Crippen molar-refractivity contribution in [2.75, 3.05) is 6.79 Å². The molecule has 0 amide bonds. The van der Waals surface area contributed by atoms with Crippen molar-refractivity contribution in [3.8, 4) is 0 Å². The van der Waals surface area contributed by atoms with E-state index in [4.69, 9.17) is 10.2 Å². The average Bonchev–Trinajstić information content (AvgIpc) is 2.26. The van der Waals surface area contributed by atoms with Gasteiger partial charge in [-0.15, -0.1) is 0 Å². The van der Waals surface area contributed by atoms with Crippen LogP contribution in [0.4, 0.5) is 0 Å². The van der Waals surface area contributed by atoms with Crippen molar-refractivity contribution < 1.29 is 29.6 Å². The van der Waals surface area contributed by atoms with Gasteiger partial charge in [0, 0.05) is 0 Å². The van der Waals surface area contributed by atoms with E-state index in [1.165, 1.54) is 24.3 Å². The Labute approximate surface area is 84.6 Å². The Kier molecular flexibility index (Phi) is 3.78. The van der Waals surface area contributed by atoms with Crippen molar-refractivity contribution in [3.05, 3.63) is 35.4 Å². The molecule has 0 bridgehead atoms. The molecule has 0 heterocycles. The van der Waals surface area contributed by atoms with Gasteiger partial charge in [0.1, 0.15) is 0 Å². The molecule has 0 unspecified atom stereocenters. The van der Waals surface area contributed by atoms with Gasteiger partial charge in [-0.2, -0.15) is 4.89 Å². The first-order valence-electron chi connectivity index (χ1n) is 3.93. The molecular formula is C9H8O6. The van der Waals surface area contributed by atoms with E-state index in [9.17, 15) is 9.59 Å². The summed E-state index contributed by atoms with van der Waals surface area (Å²) >= 11 is 0. The second kappa shape index (κ2) is 5.08. The number of hydrogen-bond acceptors (Lipinski definition) is 5. The predicted molar refractivity (Wildman–Crippen MR) is 47.0 cm³/mol. The van der Waals surface area contributed by atoms with Crippen LogP contribution in [0.1, 0.15) is 20.7 Å². The summed E-state index contributed by atoms with van der Waals surface area (Å²) in [6.07, 6.45) is 0. The van der Waals surface area contributed by atoms with Crippen molar-refractivity contribution in [1.82, 2.24) is 0 Å². The summed E-state index contributed by atoms with van der Waals surface area (Å²) < 4.78 is 0. The summed E-state index contributed by atoms with van der Waals surface area (Å²) in [5.74, 6) is -1.89. The quantitative estimate of drug-likeness (QED) is 0.427. The number of rotatable bonds is 4. The van der Waals surface area contributed by atoms with Gasteiger partial charge in [-0.1, -0.05) is 0 Å². The second-order valence-corrected chi connectivity index (χ2v) is 2.50. The maximum atomic E-state index is 11.1. The van der Waals surface area contributed by atoms with Crippen LogP contribution in [-0.4, -0.2) is 28.9 Å². The molecule has 1 aromatic rings. The first-order valence-corrected chi connectivity index (χ1v) is 3.93. The zero-order valence-electron chi connectivity index (χ0n) is 7.54. The Bertz CT molecular complexity index is 355. The number of carbonyl (C=O) groups excluding carboxylic acids is 1. The highest BCUT2D eigenvalue weighted by atomic mass is 17.2. The number of aliphatic hydroxyl groups excluding tert-OH is 1. The highest BCUT2D eigenvalue weighted by molar-refractivity contribution is 5.92. The van der Waals surface area contributed by atoms with Crippen LogP contribution in [0, 0.1) is 0 Å². The molecule has 0 spiro atoms. The highest BCUT2D eigenvalue weighted by Gasteiger charge is 2.09. The molecule has 0 aliphatic carbocycles. The van der Waals surface area contributed by atoms with Gasteiger partial charge < -0.3 is 10.2 Å². The van der Waals surface area contributed by atoms with Gasteiger partial charge in [-0.05, 0) is 24.3 Å². The van der Waals surface area contributed by atoms with E-state index in [0.29, 0.717) is 0 Å². The molecule has 0 aliphatic heterocycles. The number of carboxylic acid groups (broad SMARTS) is 1. The molecule has 6 nitrogen and oxygen atoms in total. The van der Waals surface area contributed by atoms with Crippen LogP contribution >= 0.6 is 0 Å². The first-order chi connectivity index (χ1) is 7.15. The van der Waals surface area contributed by atoms with Crippen LogP contribution in [0.15, 0.2) is 24.3 Å². The maximum absolute atomic E-state index is 11.1. The Morgan fingerprint density at radius 2 is 1.67 bits per heavy atom. The molecular weight excluding hydrogens is 204 g/mol. The third-order valence-electron chi connectivity index (χ3n) is 1.55. The summed E-state index contributed by atoms with van der Waals surface area (Å²) in [6, 6.07) is 5.09. The molecule has 0 radical (unpaired) electrons. The molecule has 0 atom stereocenters. The van der Waals surface area contributed by atoms with Crippen LogP contribution in [0.3, 0.4) is 0 Å². The molecule has 1 aromatic carbocycles. The normalized spacial score (nSPS) is 9.67. The zero-order chi connectivity index (χ0) is 11.3. The fourth-order valence-electron chi connectivity index (χ4n) is 0.877. The Morgan fingerprint density at radius 3 is 2.13 bits per heavy atom. The molecule has 0 saturated carbocycles. The summed E-state index contributed by atoms with van der Waals surface area (Å²) in [5.41, 5.74) is 0.197. The summed E-state index contributed by atoms with van der Waals surface area (Å²) in [5, 5.41) is 16.8. The number of aliphatic hydroxyl groups is 1. The van der Waals surface area contributed by atoms with Crippen LogP contribution in [0.5, 0.6) is 0 Å². The fraction of sp³-hybridized carbons (Fsp3) is 0.111. The van der Waals surface area contributed by atoms with Gasteiger partial charge in [0.25, 0.3) is 0 Å². The lowest BCUT2D eigenvalue weighted by atomic mass is 10.1. The summed E-state index contributed by atoms with van der Waals surface area (Å²) in [4.78, 5) is 29.7. The molecule has 0 fully saturated rings. The largest absolute Gasteiger partial charge is 0.478 e. The number of benzene rings is 1. The third-order valence-corrected chi connectivity index (χ3v) is 1.55. The van der Waals surface area contributed by atoms with E-state index in [1.807, 2.05) is 0 Å². The Balaban J connectivity index is 2.71. The minimum absolute atomic E-state index is 0.0645. The molecule has 0 aromatic heterocycles. The molecule has 0 aliphatic rings. The number of carboxylic acids is 1. The average molecular weight is 212 g/mol. The van der Waals surface area contributed by atoms with Crippen molar-refractivity contribution in [2.24, 2.45) is 0 Å². The van der Waals surface area contributed by atoms with Crippen LogP contribution < -0.4 is 0 Å². The molecule has 2 N–H and O–H groups in total. The third kappa shape index (κ3) is 3.04. The van der Waals surface area contributed by atoms with E-state index in [1.54, 1.807) is 0 Å². The van der Waals surface area contributed by atoms with Crippen molar-refractivity contribution >= 4 is 11.9 Å². The van der Waals surface area contributed by atoms with Crippen molar-refractivity contribution in [2.45, 2.75) is 0 Å². The van der Waals surface area contributed by atoms with Crippen LogP contribution in [0.2, 0.25) is 0 Å². The predicted octanol–water partition coefficient (Wildman–Crippen LogP) is 0.423. The monoisotopic (exact) mass is 212 g/mol. The lowest BCUT2D eigenvalue weighted by molar-refractivity contribution is -0.280. The summed E-state index contributed by atoms with van der Waals surface area (Å²) in [7, 11) is 0. The van der Waals surface area contributed by atoms with E-state index in [-0.39, 0.29) is 11.1 Å². The molecule has 80 valence electrons. The van der Waals surface area contributed by atoms with Gasteiger partial charge in [-0.25, -0.2) is 9.59 Å².